The number of ether oxygens (including phenoxy) is 7. The molecule has 0 atom stereocenters. The number of rotatable bonds is 18. The summed E-state index contributed by atoms with van der Waals surface area (Å²) in [6.45, 7) is 0. The highest BCUT2D eigenvalue weighted by Crippen LogP contribution is 2.35. The summed E-state index contributed by atoms with van der Waals surface area (Å²) in [5, 5.41) is 0. The van der Waals surface area contributed by atoms with E-state index in [-0.39, 0.29) is 0 Å². The number of hydrogen-bond donors (Lipinski definition) is 0. The highest BCUT2D eigenvalue weighted by molar-refractivity contribution is 5.47. The maximum Gasteiger partial charge on any atom is 0.131 e. The zero-order valence-corrected chi connectivity index (χ0v) is 31.7. The van der Waals surface area contributed by atoms with Crippen molar-refractivity contribution in [2.24, 2.45) is 0 Å². The summed E-state index contributed by atoms with van der Waals surface area (Å²) in [7, 11) is 8.41. The largest absolute Gasteiger partial charge is 0.497 e. The van der Waals surface area contributed by atoms with Gasteiger partial charge in [0.2, 0.25) is 0 Å². The van der Waals surface area contributed by atoms with Crippen molar-refractivity contribution >= 4 is 0 Å². The van der Waals surface area contributed by atoms with E-state index in [9.17, 15) is 0 Å². The zero-order chi connectivity index (χ0) is 37.7. The van der Waals surface area contributed by atoms with Crippen LogP contribution in [0.3, 0.4) is 0 Å². The van der Waals surface area contributed by atoms with Gasteiger partial charge in [-0.3, -0.25) is 0 Å². The summed E-state index contributed by atoms with van der Waals surface area (Å²) in [5.41, 5.74) is 6.96. The van der Waals surface area contributed by atoms with E-state index in [0.29, 0.717) is 23.0 Å². The summed E-state index contributed by atoms with van der Waals surface area (Å²) >= 11 is 0. The highest BCUT2D eigenvalue weighted by atomic mass is 16.5. The summed E-state index contributed by atoms with van der Waals surface area (Å²) < 4.78 is 40.7. The first-order chi connectivity index (χ1) is 26.4. The van der Waals surface area contributed by atoms with E-state index >= 15 is 0 Å². The maximum absolute atomic E-state index is 6.59. The Morgan fingerprint density at radius 2 is 0.574 bits per heavy atom. The molecule has 7 nitrogen and oxygen atoms in total. The molecule has 6 aromatic carbocycles. The van der Waals surface area contributed by atoms with Crippen molar-refractivity contribution in [1.82, 2.24) is 0 Å². The second kappa shape index (κ2) is 18.6. The third-order valence-electron chi connectivity index (χ3n) is 9.32. The molecule has 0 aliphatic rings. The summed E-state index contributed by atoms with van der Waals surface area (Å²) in [6, 6.07) is 42.7. The zero-order valence-electron chi connectivity index (χ0n) is 31.7. The quantitative estimate of drug-likeness (QED) is 0.0874. The molecule has 0 fully saturated rings. The second-order valence-electron chi connectivity index (χ2n) is 13.1. The van der Waals surface area contributed by atoms with E-state index in [0.717, 1.165) is 84.0 Å². The number of methoxy groups -OCH3 is 5. The monoisotopic (exact) mass is 724 g/mol. The topological polar surface area (TPSA) is 64.6 Å². The number of aryl methyl sites for hydroxylation is 6. The number of hydrogen-bond acceptors (Lipinski definition) is 7. The fourth-order valence-corrected chi connectivity index (χ4v) is 6.35. The van der Waals surface area contributed by atoms with Gasteiger partial charge in [0.25, 0.3) is 0 Å². The van der Waals surface area contributed by atoms with E-state index in [4.69, 9.17) is 33.2 Å². The molecule has 0 amide bonds. The van der Waals surface area contributed by atoms with Gasteiger partial charge in [-0.05, 0) is 145 Å². The highest BCUT2D eigenvalue weighted by Gasteiger charge is 2.12. The molecule has 0 aliphatic carbocycles. The first-order valence-electron chi connectivity index (χ1n) is 18.2. The fourth-order valence-electron chi connectivity index (χ4n) is 6.35. The SMILES string of the molecule is COc1ccc(CCc2cc(OC)cc(Oc3cc(CCc4cccc(OC)c4)cc(Oc4cc(CCc5ccc(OC)cc5)cc(OC)c4)c3)c2)cc1. The molecule has 0 unspecified atom stereocenters. The molecule has 6 aromatic rings. The Kier molecular flexibility index (Phi) is 13.0. The lowest BCUT2D eigenvalue weighted by Crippen LogP contribution is -1.98. The molecule has 6 rings (SSSR count). The third kappa shape index (κ3) is 10.7. The minimum atomic E-state index is 0.671. The Balaban J connectivity index is 1.25. The van der Waals surface area contributed by atoms with Crippen molar-refractivity contribution in [3.8, 4) is 51.7 Å². The average Bonchev–Trinajstić information content (AvgIpc) is 3.21. The second-order valence-corrected chi connectivity index (χ2v) is 13.1. The summed E-state index contributed by atoms with van der Waals surface area (Å²) in [4.78, 5) is 0. The van der Waals surface area contributed by atoms with Gasteiger partial charge in [-0.15, -0.1) is 0 Å². The van der Waals surface area contributed by atoms with Crippen molar-refractivity contribution in [3.63, 3.8) is 0 Å². The van der Waals surface area contributed by atoms with Crippen LogP contribution >= 0.6 is 0 Å². The molecule has 0 heterocycles. The lowest BCUT2D eigenvalue weighted by molar-refractivity contribution is 0.406. The first kappa shape index (κ1) is 37.7. The van der Waals surface area contributed by atoms with Crippen LogP contribution in [-0.2, 0) is 38.5 Å². The normalized spacial score (nSPS) is 10.8. The Morgan fingerprint density at radius 1 is 0.259 bits per heavy atom. The van der Waals surface area contributed by atoms with Crippen molar-refractivity contribution in [2.75, 3.05) is 35.5 Å². The molecule has 0 radical (unpaired) electrons. The van der Waals surface area contributed by atoms with Crippen molar-refractivity contribution < 1.29 is 33.2 Å². The molecule has 0 bridgehead atoms. The molecule has 0 aromatic heterocycles. The lowest BCUT2D eigenvalue weighted by Gasteiger charge is -2.15. The van der Waals surface area contributed by atoms with E-state index in [1.54, 1.807) is 35.5 Å². The predicted molar refractivity (Wildman–Crippen MR) is 214 cm³/mol. The molecular formula is C47H48O7. The molecule has 0 saturated heterocycles. The molecule has 7 heteroatoms. The van der Waals surface area contributed by atoms with Crippen LogP contribution in [0.1, 0.15) is 33.4 Å². The van der Waals surface area contributed by atoms with Gasteiger partial charge in [0.1, 0.15) is 51.7 Å². The van der Waals surface area contributed by atoms with Gasteiger partial charge in [0, 0.05) is 18.2 Å². The molecule has 0 aliphatic heterocycles. The van der Waals surface area contributed by atoms with Gasteiger partial charge in [0.15, 0.2) is 0 Å². The molecule has 0 saturated carbocycles. The summed E-state index contributed by atoms with van der Waals surface area (Å²) in [6.07, 6.45) is 4.99. The molecule has 0 spiro atoms. The van der Waals surface area contributed by atoms with Crippen LogP contribution in [0.25, 0.3) is 0 Å². The number of benzene rings is 6. The van der Waals surface area contributed by atoms with Crippen LogP contribution in [0.5, 0.6) is 51.7 Å². The Labute approximate surface area is 319 Å². The Morgan fingerprint density at radius 3 is 0.963 bits per heavy atom. The Bertz CT molecular complexity index is 1980. The minimum Gasteiger partial charge on any atom is -0.497 e. The van der Waals surface area contributed by atoms with Crippen molar-refractivity contribution in [2.45, 2.75) is 38.5 Å². The lowest BCUT2D eigenvalue weighted by atomic mass is 10.0. The predicted octanol–water partition coefficient (Wildman–Crippen LogP) is 10.7. The van der Waals surface area contributed by atoms with Crippen LogP contribution in [0, 0.1) is 0 Å². The Hall–Kier alpha value is -6.08. The van der Waals surface area contributed by atoms with E-state index in [2.05, 4.69) is 72.8 Å². The van der Waals surface area contributed by atoms with E-state index in [1.165, 1.54) is 16.7 Å². The van der Waals surface area contributed by atoms with E-state index < -0.39 is 0 Å². The van der Waals surface area contributed by atoms with E-state index in [1.807, 2.05) is 54.6 Å². The van der Waals surface area contributed by atoms with Gasteiger partial charge in [-0.25, -0.2) is 0 Å². The fraction of sp³-hybridized carbons (Fsp3) is 0.234. The molecule has 54 heavy (non-hydrogen) atoms. The smallest absolute Gasteiger partial charge is 0.131 e. The van der Waals surface area contributed by atoms with Gasteiger partial charge in [-0.2, -0.15) is 0 Å². The van der Waals surface area contributed by atoms with Crippen LogP contribution in [0.4, 0.5) is 0 Å². The van der Waals surface area contributed by atoms with Gasteiger partial charge >= 0.3 is 0 Å². The first-order valence-corrected chi connectivity index (χ1v) is 18.2. The van der Waals surface area contributed by atoms with Crippen LogP contribution < -0.4 is 33.2 Å². The van der Waals surface area contributed by atoms with Gasteiger partial charge < -0.3 is 33.2 Å². The third-order valence-corrected chi connectivity index (χ3v) is 9.32. The minimum absolute atomic E-state index is 0.671. The molecule has 278 valence electrons. The molecule has 0 N–H and O–H groups in total. The molecular weight excluding hydrogens is 677 g/mol. The van der Waals surface area contributed by atoms with Crippen LogP contribution in [-0.4, -0.2) is 35.5 Å². The van der Waals surface area contributed by atoms with Crippen LogP contribution in [0.15, 0.2) is 127 Å². The van der Waals surface area contributed by atoms with Crippen molar-refractivity contribution in [3.05, 3.63) is 161 Å². The van der Waals surface area contributed by atoms with Crippen molar-refractivity contribution in [1.29, 1.82) is 0 Å². The average molecular weight is 725 g/mol. The van der Waals surface area contributed by atoms with Gasteiger partial charge in [-0.1, -0.05) is 36.4 Å². The standard InChI is InChI=1S/C47H48O7/c1-48-39-19-15-33(16-20-39)9-12-36-24-42(51-4)30-44(26-36)53-46-28-38(14-11-35-7-6-8-41(23-35)50-3)29-47(32-46)54-45-27-37(25-43(31-45)52-5)13-10-34-17-21-40(49-2)22-18-34/h6-8,15-32H,9-14H2,1-5H3. The van der Waals surface area contributed by atoms with Crippen LogP contribution in [0.2, 0.25) is 0 Å². The maximum atomic E-state index is 6.59. The van der Waals surface area contributed by atoms with Gasteiger partial charge in [0.05, 0.1) is 35.5 Å². The summed E-state index contributed by atoms with van der Waals surface area (Å²) in [5.74, 6) is 6.74.